The topological polar surface area (TPSA) is 44.8 Å². The van der Waals surface area contributed by atoms with Gasteiger partial charge < -0.3 is 14.2 Å². The van der Waals surface area contributed by atoms with Gasteiger partial charge in [-0.2, -0.15) is 0 Å². The maximum Gasteiger partial charge on any atom is 0.185 e. The zero-order valence-electron chi connectivity index (χ0n) is 19.7. The summed E-state index contributed by atoms with van der Waals surface area (Å²) >= 11 is 0. The average Bonchev–Trinajstić information content (AvgIpc) is 2.66. The molecular formula is C27H34O4. The molecule has 0 N–H and O–H groups in total. The van der Waals surface area contributed by atoms with Crippen molar-refractivity contribution in [3.8, 4) is 17.2 Å². The first-order chi connectivity index (χ1) is 14.4. The number of carbonyl (C=O) groups is 1. The molecule has 2 rings (SSSR count). The first-order valence-electron chi connectivity index (χ1n) is 10.5. The SMILES string of the molecule is C=CCOc1ccc(C(=O)/C=C/c2cc(OC(C)(C)C)c(C)c(OC(C)(C)C)c2)cc1. The normalized spacial score (nSPS) is 12.0. The second kappa shape index (κ2) is 9.86. The Balaban J connectivity index is 2.30. The molecule has 0 spiro atoms. The van der Waals surface area contributed by atoms with E-state index in [1.807, 2.05) is 60.6 Å². The van der Waals surface area contributed by atoms with E-state index in [1.165, 1.54) is 0 Å². The van der Waals surface area contributed by atoms with Gasteiger partial charge in [-0.15, -0.1) is 0 Å². The van der Waals surface area contributed by atoms with Crippen molar-refractivity contribution in [2.24, 2.45) is 0 Å². The van der Waals surface area contributed by atoms with Gasteiger partial charge in [0.15, 0.2) is 5.78 Å². The highest BCUT2D eigenvalue weighted by atomic mass is 16.5. The molecule has 0 fully saturated rings. The Hall–Kier alpha value is -3.01. The Morgan fingerprint density at radius 1 is 0.935 bits per heavy atom. The molecule has 0 aliphatic heterocycles. The van der Waals surface area contributed by atoms with Gasteiger partial charge in [0.25, 0.3) is 0 Å². The monoisotopic (exact) mass is 422 g/mol. The van der Waals surface area contributed by atoms with Crippen molar-refractivity contribution in [3.05, 3.63) is 71.8 Å². The number of rotatable bonds is 8. The predicted molar refractivity (Wildman–Crippen MR) is 127 cm³/mol. The second-order valence-corrected chi connectivity index (χ2v) is 9.39. The molecule has 0 atom stereocenters. The molecule has 0 bridgehead atoms. The summed E-state index contributed by atoms with van der Waals surface area (Å²) < 4.78 is 17.8. The van der Waals surface area contributed by atoms with Gasteiger partial charge in [0.2, 0.25) is 0 Å². The van der Waals surface area contributed by atoms with E-state index in [9.17, 15) is 4.79 Å². The van der Waals surface area contributed by atoms with E-state index in [-0.39, 0.29) is 17.0 Å². The number of allylic oxidation sites excluding steroid dienone is 1. The molecule has 0 radical (unpaired) electrons. The van der Waals surface area contributed by atoms with E-state index < -0.39 is 0 Å². The molecule has 2 aromatic carbocycles. The van der Waals surface area contributed by atoms with E-state index >= 15 is 0 Å². The van der Waals surface area contributed by atoms with Crippen molar-refractivity contribution in [1.82, 2.24) is 0 Å². The number of ether oxygens (including phenoxy) is 3. The van der Waals surface area contributed by atoms with E-state index in [4.69, 9.17) is 14.2 Å². The minimum atomic E-state index is -0.350. The Labute approximate surface area is 186 Å². The van der Waals surface area contributed by atoms with Crippen LogP contribution in [0.25, 0.3) is 6.08 Å². The molecule has 4 heteroatoms. The largest absolute Gasteiger partial charge is 0.490 e. The van der Waals surface area contributed by atoms with Crippen LogP contribution in [0.5, 0.6) is 17.2 Å². The highest BCUT2D eigenvalue weighted by Crippen LogP contribution is 2.34. The zero-order chi connectivity index (χ0) is 23.2. The molecule has 0 unspecified atom stereocenters. The van der Waals surface area contributed by atoms with Gasteiger partial charge in [-0.1, -0.05) is 18.7 Å². The predicted octanol–water partition coefficient (Wildman–Crippen LogP) is 6.81. The van der Waals surface area contributed by atoms with E-state index in [0.717, 1.165) is 22.6 Å². The zero-order valence-corrected chi connectivity index (χ0v) is 19.7. The molecule has 2 aromatic rings. The smallest absolute Gasteiger partial charge is 0.185 e. The van der Waals surface area contributed by atoms with E-state index in [0.29, 0.717) is 17.9 Å². The van der Waals surface area contributed by atoms with Crippen molar-refractivity contribution in [3.63, 3.8) is 0 Å². The molecular weight excluding hydrogens is 388 g/mol. The molecule has 0 aromatic heterocycles. The number of hydrogen-bond donors (Lipinski definition) is 0. The van der Waals surface area contributed by atoms with Gasteiger partial charge in [-0.05, 0) is 96.5 Å². The fourth-order valence-corrected chi connectivity index (χ4v) is 2.79. The molecule has 31 heavy (non-hydrogen) atoms. The van der Waals surface area contributed by atoms with Crippen LogP contribution in [0.1, 0.15) is 63.0 Å². The van der Waals surface area contributed by atoms with Crippen molar-refractivity contribution < 1.29 is 19.0 Å². The number of benzene rings is 2. The first kappa shape index (κ1) is 24.3. The Morgan fingerprint density at radius 2 is 1.45 bits per heavy atom. The van der Waals surface area contributed by atoms with Crippen LogP contribution in [0.2, 0.25) is 0 Å². The molecule has 0 heterocycles. The minimum Gasteiger partial charge on any atom is -0.490 e. The summed E-state index contributed by atoms with van der Waals surface area (Å²) in [5.74, 6) is 2.09. The number of carbonyl (C=O) groups excluding carboxylic acids is 1. The summed E-state index contributed by atoms with van der Waals surface area (Å²) in [7, 11) is 0. The fraction of sp³-hybridized carbons (Fsp3) is 0.370. The quantitative estimate of drug-likeness (QED) is 0.266. The lowest BCUT2D eigenvalue weighted by atomic mass is 10.1. The summed E-state index contributed by atoms with van der Waals surface area (Å²) in [4.78, 5) is 12.6. The van der Waals surface area contributed by atoms with Gasteiger partial charge in [-0.3, -0.25) is 4.79 Å². The van der Waals surface area contributed by atoms with Gasteiger partial charge in [-0.25, -0.2) is 0 Å². The highest BCUT2D eigenvalue weighted by Gasteiger charge is 2.19. The summed E-state index contributed by atoms with van der Waals surface area (Å²) in [6, 6.07) is 10.9. The van der Waals surface area contributed by atoms with Crippen LogP contribution in [0.4, 0.5) is 0 Å². The van der Waals surface area contributed by atoms with Crippen LogP contribution in [0.3, 0.4) is 0 Å². The summed E-state index contributed by atoms with van der Waals surface area (Å²) in [5.41, 5.74) is 1.66. The van der Waals surface area contributed by atoms with E-state index in [1.54, 1.807) is 42.5 Å². The third kappa shape index (κ3) is 7.97. The first-order valence-corrected chi connectivity index (χ1v) is 10.5. The van der Waals surface area contributed by atoms with Gasteiger partial charge in [0, 0.05) is 11.1 Å². The summed E-state index contributed by atoms with van der Waals surface area (Å²) in [6.45, 7) is 18.1. The maximum absolute atomic E-state index is 12.6. The van der Waals surface area contributed by atoms with Crippen LogP contribution in [0.15, 0.2) is 55.1 Å². The highest BCUT2D eigenvalue weighted by molar-refractivity contribution is 6.06. The third-order valence-corrected chi connectivity index (χ3v) is 4.10. The lowest BCUT2D eigenvalue weighted by Crippen LogP contribution is -2.25. The average molecular weight is 423 g/mol. The van der Waals surface area contributed by atoms with Crippen molar-refractivity contribution in [1.29, 1.82) is 0 Å². The molecule has 0 saturated carbocycles. The summed E-state index contributed by atoms with van der Waals surface area (Å²) in [5, 5.41) is 0. The molecule has 0 amide bonds. The van der Waals surface area contributed by atoms with E-state index in [2.05, 4.69) is 6.58 Å². The molecule has 0 saturated heterocycles. The lowest BCUT2D eigenvalue weighted by Gasteiger charge is -2.27. The molecule has 0 aliphatic rings. The van der Waals surface area contributed by atoms with Gasteiger partial charge in [0.1, 0.15) is 35.1 Å². The molecule has 4 nitrogen and oxygen atoms in total. The number of hydrogen-bond acceptors (Lipinski definition) is 4. The minimum absolute atomic E-state index is 0.0903. The standard InChI is InChI=1S/C27H34O4/c1-9-16-29-22-13-11-21(12-14-22)23(28)15-10-20-17-24(30-26(3,4)5)19(2)25(18-20)31-27(6,7)8/h9-15,17-18H,1,16H2,2-8H3/b15-10+. The summed E-state index contributed by atoms with van der Waals surface area (Å²) in [6.07, 6.45) is 5.03. The Kier molecular flexibility index (Phi) is 7.72. The molecule has 166 valence electrons. The van der Waals surface area contributed by atoms with Crippen molar-refractivity contribution in [2.45, 2.75) is 59.7 Å². The number of ketones is 1. The van der Waals surface area contributed by atoms with Crippen LogP contribution in [-0.4, -0.2) is 23.6 Å². The lowest BCUT2D eigenvalue weighted by molar-refractivity contribution is 0.104. The third-order valence-electron chi connectivity index (χ3n) is 4.10. The van der Waals surface area contributed by atoms with Gasteiger partial charge >= 0.3 is 0 Å². The second-order valence-electron chi connectivity index (χ2n) is 9.39. The van der Waals surface area contributed by atoms with Gasteiger partial charge in [0.05, 0.1) is 0 Å². The van der Waals surface area contributed by atoms with Crippen LogP contribution >= 0.6 is 0 Å². The van der Waals surface area contributed by atoms with Crippen LogP contribution in [0, 0.1) is 6.92 Å². The Morgan fingerprint density at radius 3 is 1.90 bits per heavy atom. The fourth-order valence-electron chi connectivity index (χ4n) is 2.79. The van der Waals surface area contributed by atoms with Crippen LogP contribution < -0.4 is 14.2 Å². The maximum atomic E-state index is 12.6. The van der Waals surface area contributed by atoms with Crippen LogP contribution in [-0.2, 0) is 0 Å². The Bertz CT molecular complexity index is 902. The van der Waals surface area contributed by atoms with Crippen molar-refractivity contribution in [2.75, 3.05) is 6.61 Å². The molecule has 0 aliphatic carbocycles. The van der Waals surface area contributed by atoms with Crippen molar-refractivity contribution >= 4 is 11.9 Å².